The number of rotatable bonds is 8. The van der Waals surface area contributed by atoms with E-state index in [4.69, 9.17) is 17.3 Å². The van der Waals surface area contributed by atoms with Crippen LogP contribution < -0.4 is 21.7 Å². The second-order valence-corrected chi connectivity index (χ2v) is 7.48. The zero-order valence-corrected chi connectivity index (χ0v) is 20.9. The Bertz CT molecular complexity index is 697. The Hall–Kier alpha value is -0.500. The van der Waals surface area contributed by atoms with Crippen molar-refractivity contribution in [2.75, 3.05) is 31.9 Å². The van der Waals surface area contributed by atoms with Crippen molar-refractivity contribution < 1.29 is 0 Å². The molecular formula is C20H32Cl5N5. The molecule has 30 heavy (non-hydrogen) atoms. The number of halogens is 5. The fraction of sp³-hybridized carbons (Fsp3) is 0.450. The highest BCUT2D eigenvalue weighted by Gasteiger charge is 2.26. The fourth-order valence-corrected chi connectivity index (χ4v) is 3.63. The van der Waals surface area contributed by atoms with Crippen molar-refractivity contribution in [1.82, 2.24) is 20.9 Å². The van der Waals surface area contributed by atoms with E-state index in [2.05, 4.69) is 46.1 Å². The standard InChI is InChI=1S/C20H28ClN5.4ClH/c1-14-8-18(26-20(22)9-14)10-16-12-24-13-19(16)25-7-6-23-11-15-2-4-17(21)5-3-15;;;;/h2-5,8-9,16,19,23-25H,6-7,10-13H2,1H3,(H2,22,26);4*1H/t16-,19-;;;;/m0..../s1. The van der Waals surface area contributed by atoms with Gasteiger partial charge in [0.05, 0.1) is 0 Å². The van der Waals surface area contributed by atoms with Crippen LogP contribution in [0.25, 0.3) is 0 Å². The van der Waals surface area contributed by atoms with Gasteiger partial charge in [-0.25, -0.2) is 4.98 Å². The summed E-state index contributed by atoms with van der Waals surface area (Å²) in [5, 5.41) is 11.4. The highest BCUT2D eigenvalue weighted by molar-refractivity contribution is 6.30. The van der Waals surface area contributed by atoms with E-state index in [1.807, 2.05) is 18.2 Å². The van der Waals surface area contributed by atoms with Crippen LogP contribution in [0.4, 0.5) is 5.82 Å². The van der Waals surface area contributed by atoms with Gasteiger partial charge in [-0.1, -0.05) is 23.7 Å². The van der Waals surface area contributed by atoms with E-state index in [0.717, 1.165) is 49.9 Å². The molecule has 1 aromatic carbocycles. The average molecular weight is 520 g/mol. The quantitative estimate of drug-likeness (QED) is 0.399. The van der Waals surface area contributed by atoms with Gasteiger partial charge in [0, 0.05) is 42.9 Å². The molecule has 5 nitrogen and oxygen atoms in total. The van der Waals surface area contributed by atoms with E-state index in [-0.39, 0.29) is 49.6 Å². The number of benzene rings is 1. The Labute approximate surface area is 209 Å². The first kappa shape index (κ1) is 31.7. The second kappa shape index (κ2) is 16.2. The number of nitrogens with zero attached hydrogens (tertiary/aromatic N) is 1. The van der Waals surface area contributed by atoms with Crippen molar-refractivity contribution in [3.63, 3.8) is 0 Å². The van der Waals surface area contributed by atoms with Crippen LogP contribution in [0.5, 0.6) is 0 Å². The molecule has 2 atom stereocenters. The highest BCUT2D eigenvalue weighted by atomic mass is 35.5. The number of hydrogen-bond donors (Lipinski definition) is 4. The number of aromatic nitrogens is 1. The Morgan fingerprint density at radius 1 is 1.07 bits per heavy atom. The van der Waals surface area contributed by atoms with E-state index in [0.29, 0.717) is 17.8 Å². The first-order chi connectivity index (χ1) is 12.6. The number of nitrogen functional groups attached to an aromatic ring is 1. The second-order valence-electron chi connectivity index (χ2n) is 7.05. The highest BCUT2D eigenvalue weighted by Crippen LogP contribution is 2.17. The Morgan fingerprint density at radius 2 is 1.77 bits per heavy atom. The number of hydrogen-bond acceptors (Lipinski definition) is 5. The molecule has 2 aromatic rings. The molecular weight excluding hydrogens is 488 g/mol. The molecule has 1 aliphatic rings. The van der Waals surface area contributed by atoms with Crippen molar-refractivity contribution in [3.8, 4) is 0 Å². The molecule has 0 unspecified atom stereocenters. The molecule has 0 aliphatic carbocycles. The maximum absolute atomic E-state index is 5.91. The number of anilines is 1. The minimum Gasteiger partial charge on any atom is -0.384 e. The lowest BCUT2D eigenvalue weighted by molar-refractivity contribution is 0.419. The molecule has 1 aliphatic heterocycles. The van der Waals surface area contributed by atoms with Crippen LogP contribution >= 0.6 is 61.2 Å². The van der Waals surface area contributed by atoms with Crippen LogP contribution in [0.3, 0.4) is 0 Å². The van der Waals surface area contributed by atoms with Crippen molar-refractivity contribution in [1.29, 1.82) is 0 Å². The molecule has 0 radical (unpaired) electrons. The molecule has 10 heteroatoms. The monoisotopic (exact) mass is 517 g/mol. The van der Waals surface area contributed by atoms with Gasteiger partial charge in [-0.3, -0.25) is 0 Å². The molecule has 172 valence electrons. The molecule has 2 heterocycles. The summed E-state index contributed by atoms with van der Waals surface area (Å²) in [7, 11) is 0. The van der Waals surface area contributed by atoms with Crippen molar-refractivity contribution >= 4 is 67.0 Å². The van der Waals surface area contributed by atoms with E-state index < -0.39 is 0 Å². The largest absolute Gasteiger partial charge is 0.384 e. The summed E-state index contributed by atoms with van der Waals surface area (Å²) in [5.41, 5.74) is 9.39. The maximum Gasteiger partial charge on any atom is 0.123 e. The zero-order chi connectivity index (χ0) is 18.4. The van der Waals surface area contributed by atoms with Crippen molar-refractivity contribution in [3.05, 3.63) is 58.2 Å². The fourth-order valence-electron chi connectivity index (χ4n) is 3.51. The summed E-state index contributed by atoms with van der Waals surface area (Å²) in [5.74, 6) is 1.15. The lowest BCUT2D eigenvalue weighted by atomic mass is 9.97. The first-order valence-electron chi connectivity index (χ1n) is 9.22. The molecule has 1 fully saturated rings. The summed E-state index contributed by atoms with van der Waals surface area (Å²) in [6.07, 6.45) is 0.953. The molecule has 3 rings (SSSR count). The van der Waals surface area contributed by atoms with E-state index in [1.54, 1.807) is 0 Å². The van der Waals surface area contributed by atoms with Crippen LogP contribution in [0, 0.1) is 12.8 Å². The predicted molar refractivity (Wildman–Crippen MR) is 137 cm³/mol. The first-order valence-corrected chi connectivity index (χ1v) is 9.60. The van der Waals surface area contributed by atoms with E-state index in [1.165, 1.54) is 11.1 Å². The smallest absolute Gasteiger partial charge is 0.123 e. The van der Waals surface area contributed by atoms with Crippen LogP contribution in [-0.4, -0.2) is 37.2 Å². The molecule has 1 aromatic heterocycles. The minimum atomic E-state index is 0. The number of aryl methyl sites for hydroxylation is 1. The third kappa shape index (κ3) is 10.2. The molecule has 0 amide bonds. The van der Waals surface area contributed by atoms with Gasteiger partial charge in [0.25, 0.3) is 0 Å². The van der Waals surface area contributed by atoms with Crippen molar-refractivity contribution in [2.24, 2.45) is 5.92 Å². The third-order valence-electron chi connectivity index (χ3n) is 4.80. The number of nitrogens with one attached hydrogen (secondary N) is 3. The number of nitrogens with two attached hydrogens (primary N) is 1. The SMILES string of the molecule is Cc1cc(N)nc(C[C@H]2CNC[C@@H]2NCCNCc2ccc(Cl)cc2)c1.Cl.Cl.Cl.Cl. The van der Waals surface area contributed by atoms with Gasteiger partial charge in [-0.2, -0.15) is 0 Å². The molecule has 0 saturated carbocycles. The van der Waals surface area contributed by atoms with Gasteiger partial charge in [0.15, 0.2) is 0 Å². The molecule has 1 saturated heterocycles. The van der Waals surface area contributed by atoms with Gasteiger partial charge in [-0.15, -0.1) is 49.6 Å². The Balaban J connectivity index is 0. The third-order valence-corrected chi connectivity index (χ3v) is 5.06. The van der Waals surface area contributed by atoms with E-state index >= 15 is 0 Å². The Kier molecular flexibility index (Phi) is 17.1. The molecule has 0 spiro atoms. The summed E-state index contributed by atoms with van der Waals surface area (Å²) in [6.45, 7) is 6.82. The lowest BCUT2D eigenvalue weighted by Crippen LogP contribution is -2.40. The van der Waals surface area contributed by atoms with Gasteiger partial charge >= 0.3 is 0 Å². The van der Waals surface area contributed by atoms with Crippen LogP contribution in [0.1, 0.15) is 16.8 Å². The van der Waals surface area contributed by atoms with Crippen LogP contribution in [0.15, 0.2) is 36.4 Å². The summed E-state index contributed by atoms with van der Waals surface area (Å²) >= 11 is 5.91. The summed E-state index contributed by atoms with van der Waals surface area (Å²) < 4.78 is 0. The van der Waals surface area contributed by atoms with Crippen molar-refractivity contribution in [2.45, 2.75) is 25.9 Å². The maximum atomic E-state index is 5.91. The zero-order valence-electron chi connectivity index (χ0n) is 16.9. The Morgan fingerprint density at radius 3 is 2.43 bits per heavy atom. The van der Waals surface area contributed by atoms with Gasteiger partial charge < -0.3 is 21.7 Å². The van der Waals surface area contributed by atoms with Gasteiger partial charge in [0.2, 0.25) is 0 Å². The normalized spacial score (nSPS) is 17.1. The average Bonchev–Trinajstić information content (AvgIpc) is 3.02. The van der Waals surface area contributed by atoms with Gasteiger partial charge in [0.1, 0.15) is 5.82 Å². The lowest BCUT2D eigenvalue weighted by Gasteiger charge is -2.20. The minimum absolute atomic E-state index is 0. The molecule has 0 bridgehead atoms. The molecule has 5 N–H and O–H groups in total. The summed E-state index contributed by atoms with van der Waals surface area (Å²) in [4.78, 5) is 4.48. The van der Waals surface area contributed by atoms with Crippen LogP contribution in [0.2, 0.25) is 5.02 Å². The number of pyridine rings is 1. The predicted octanol–water partition coefficient (Wildman–Crippen LogP) is 3.82. The van der Waals surface area contributed by atoms with Crippen LogP contribution in [-0.2, 0) is 13.0 Å². The summed E-state index contributed by atoms with van der Waals surface area (Å²) in [6, 6.07) is 12.5. The van der Waals surface area contributed by atoms with E-state index in [9.17, 15) is 0 Å². The van der Waals surface area contributed by atoms with Gasteiger partial charge in [-0.05, 0) is 61.2 Å². The topological polar surface area (TPSA) is 75.0 Å².